The molecule has 1 aromatic carbocycles. The lowest BCUT2D eigenvalue weighted by Gasteiger charge is -2.06. The molecule has 0 heterocycles. The van der Waals surface area contributed by atoms with Crippen LogP contribution < -0.4 is 5.14 Å². The van der Waals surface area contributed by atoms with Crippen LogP contribution in [0.2, 0.25) is 0 Å². The van der Waals surface area contributed by atoms with Crippen molar-refractivity contribution in [3.63, 3.8) is 0 Å². The molecule has 0 saturated carbocycles. The third-order valence-corrected chi connectivity index (χ3v) is 3.15. The highest BCUT2D eigenvalue weighted by Crippen LogP contribution is 2.24. The molecular formula is C9H11ClN2O4S. The molecule has 17 heavy (non-hydrogen) atoms. The molecule has 0 radical (unpaired) electrons. The second-order valence-corrected chi connectivity index (χ2v) is 5.88. The van der Waals surface area contributed by atoms with Crippen LogP contribution in [0.5, 0.6) is 0 Å². The number of nitrogens with two attached hydrogens (primary N) is 1. The second kappa shape index (κ2) is 4.99. The fraction of sp³-hybridized carbons (Fsp3) is 0.333. The summed E-state index contributed by atoms with van der Waals surface area (Å²) in [6.07, 6.45) is 0.281. The average Bonchev–Trinajstić information content (AvgIpc) is 2.15. The molecule has 0 spiro atoms. The Morgan fingerprint density at radius 3 is 2.53 bits per heavy atom. The molecule has 0 fully saturated rings. The van der Waals surface area contributed by atoms with E-state index in [0.717, 1.165) is 6.07 Å². The molecule has 0 amide bonds. The predicted molar refractivity (Wildman–Crippen MR) is 63.5 cm³/mol. The van der Waals surface area contributed by atoms with E-state index >= 15 is 0 Å². The van der Waals surface area contributed by atoms with Gasteiger partial charge in [-0.2, -0.15) is 0 Å². The van der Waals surface area contributed by atoms with Crippen LogP contribution in [0.4, 0.5) is 5.69 Å². The summed E-state index contributed by atoms with van der Waals surface area (Å²) in [6, 6.07) is 3.54. The Bertz CT molecular complexity index is 542. The highest BCUT2D eigenvalue weighted by molar-refractivity contribution is 7.89. The maximum Gasteiger partial charge on any atom is 0.273 e. The van der Waals surface area contributed by atoms with Crippen molar-refractivity contribution in [2.45, 2.75) is 23.6 Å². The monoisotopic (exact) mass is 278 g/mol. The second-order valence-electron chi connectivity index (χ2n) is 3.58. The van der Waals surface area contributed by atoms with Gasteiger partial charge in [-0.1, -0.05) is 6.07 Å². The molecular weight excluding hydrogens is 268 g/mol. The predicted octanol–water partition coefficient (Wildman–Crippen LogP) is 1.41. The van der Waals surface area contributed by atoms with E-state index in [1.54, 1.807) is 6.92 Å². The molecule has 1 aromatic rings. The molecule has 1 rings (SSSR count). The minimum absolute atomic E-state index is 0.281. The van der Waals surface area contributed by atoms with Gasteiger partial charge < -0.3 is 0 Å². The number of alkyl halides is 1. The Morgan fingerprint density at radius 2 is 2.12 bits per heavy atom. The number of halogens is 1. The molecule has 0 saturated heterocycles. The quantitative estimate of drug-likeness (QED) is 0.511. The first-order valence-electron chi connectivity index (χ1n) is 4.66. The molecule has 94 valence electrons. The van der Waals surface area contributed by atoms with E-state index in [2.05, 4.69) is 0 Å². The number of hydrogen-bond acceptors (Lipinski definition) is 4. The van der Waals surface area contributed by atoms with E-state index in [1.807, 2.05) is 0 Å². The third-order valence-electron chi connectivity index (χ3n) is 2.08. The van der Waals surface area contributed by atoms with Crippen LogP contribution in [0.25, 0.3) is 0 Å². The van der Waals surface area contributed by atoms with Gasteiger partial charge in [-0.15, -0.1) is 11.6 Å². The molecule has 8 heteroatoms. The summed E-state index contributed by atoms with van der Waals surface area (Å²) in [5.41, 5.74) is 0.0916. The van der Waals surface area contributed by atoms with Gasteiger partial charge in [-0.05, 0) is 19.4 Å². The van der Waals surface area contributed by atoms with Crippen LogP contribution in [-0.2, 0) is 16.4 Å². The lowest BCUT2D eigenvalue weighted by atomic mass is 10.1. The maximum atomic E-state index is 11.1. The van der Waals surface area contributed by atoms with Crippen LogP contribution in [0.15, 0.2) is 23.1 Å². The number of nitro groups is 1. The lowest BCUT2D eigenvalue weighted by Crippen LogP contribution is -2.13. The lowest BCUT2D eigenvalue weighted by molar-refractivity contribution is -0.385. The van der Waals surface area contributed by atoms with Crippen LogP contribution in [0, 0.1) is 10.1 Å². The number of nitrogens with zero attached hydrogens (tertiary/aromatic N) is 1. The Balaban J connectivity index is 3.32. The van der Waals surface area contributed by atoms with Gasteiger partial charge in [0.25, 0.3) is 5.69 Å². The van der Waals surface area contributed by atoms with E-state index in [0.29, 0.717) is 5.56 Å². The Morgan fingerprint density at radius 1 is 1.53 bits per heavy atom. The zero-order valence-electron chi connectivity index (χ0n) is 8.96. The largest absolute Gasteiger partial charge is 0.273 e. The molecule has 1 atom stereocenters. The Labute approximate surface area is 104 Å². The van der Waals surface area contributed by atoms with Gasteiger partial charge in [0.15, 0.2) is 0 Å². The van der Waals surface area contributed by atoms with Gasteiger partial charge in [0, 0.05) is 17.0 Å². The minimum atomic E-state index is -3.94. The average molecular weight is 279 g/mol. The summed E-state index contributed by atoms with van der Waals surface area (Å²) in [4.78, 5) is 9.88. The SMILES string of the molecule is CC(Cl)Cc1ccc(S(N)(=O)=O)cc1[N+](=O)[O-]. The summed E-state index contributed by atoms with van der Waals surface area (Å²) < 4.78 is 22.1. The van der Waals surface area contributed by atoms with Gasteiger partial charge in [-0.25, -0.2) is 13.6 Å². The highest BCUT2D eigenvalue weighted by atomic mass is 35.5. The number of primary sulfonamides is 1. The zero-order valence-corrected chi connectivity index (χ0v) is 10.5. The third kappa shape index (κ3) is 3.65. The molecule has 0 aliphatic rings. The maximum absolute atomic E-state index is 11.1. The molecule has 0 aliphatic carbocycles. The van der Waals surface area contributed by atoms with Gasteiger partial charge in [0.05, 0.1) is 9.82 Å². The summed E-state index contributed by atoms with van der Waals surface area (Å²) >= 11 is 5.75. The van der Waals surface area contributed by atoms with Gasteiger partial charge in [0.1, 0.15) is 0 Å². The number of hydrogen-bond donors (Lipinski definition) is 1. The first-order valence-corrected chi connectivity index (χ1v) is 6.64. The van der Waals surface area contributed by atoms with E-state index in [4.69, 9.17) is 16.7 Å². The van der Waals surface area contributed by atoms with E-state index in [-0.39, 0.29) is 22.4 Å². The number of sulfonamides is 1. The molecule has 6 nitrogen and oxygen atoms in total. The number of rotatable bonds is 4. The molecule has 2 N–H and O–H groups in total. The zero-order chi connectivity index (χ0) is 13.2. The fourth-order valence-electron chi connectivity index (χ4n) is 1.37. The van der Waals surface area contributed by atoms with E-state index < -0.39 is 14.9 Å². The van der Waals surface area contributed by atoms with Gasteiger partial charge in [-0.3, -0.25) is 10.1 Å². The van der Waals surface area contributed by atoms with E-state index in [9.17, 15) is 18.5 Å². The smallest absolute Gasteiger partial charge is 0.258 e. The summed E-state index contributed by atoms with van der Waals surface area (Å²) in [7, 11) is -3.94. The minimum Gasteiger partial charge on any atom is -0.258 e. The topological polar surface area (TPSA) is 103 Å². The highest BCUT2D eigenvalue weighted by Gasteiger charge is 2.19. The number of nitro benzene ring substituents is 1. The fourth-order valence-corrected chi connectivity index (χ4v) is 2.07. The molecule has 1 unspecified atom stereocenters. The van der Waals surface area contributed by atoms with Crippen molar-refractivity contribution in [2.24, 2.45) is 5.14 Å². The van der Waals surface area contributed by atoms with Crippen LogP contribution in [-0.4, -0.2) is 18.7 Å². The summed E-state index contributed by atoms with van der Waals surface area (Å²) in [5, 5.41) is 15.4. The molecule has 0 aromatic heterocycles. The Hall–Kier alpha value is -1.18. The van der Waals surface area contributed by atoms with Crippen molar-refractivity contribution in [3.8, 4) is 0 Å². The standard InChI is InChI=1S/C9H11ClN2O4S/c1-6(10)4-7-2-3-8(17(11,15)16)5-9(7)12(13)14/h2-3,5-6H,4H2,1H3,(H2,11,15,16). The van der Waals surface area contributed by atoms with Gasteiger partial charge >= 0.3 is 0 Å². The van der Waals surface area contributed by atoms with E-state index in [1.165, 1.54) is 12.1 Å². The van der Waals surface area contributed by atoms with Gasteiger partial charge in [0.2, 0.25) is 10.0 Å². The van der Waals surface area contributed by atoms with Crippen molar-refractivity contribution in [1.29, 1.82) is 0 Å². The normalized spacial score (nSPS) is 13.4. The van der Waals surface area contributed by atoms with Crippen LogP contribution in [0.1, 0.15) is 12.5 Å². The first kappa shape index (κ1) is 13.9. The van der Waals surface area contributed by atoms with Crippen molar-refractivity contribution >= 4 is 27.3 Å². The molecule has 0 bridgehead atoms. The van der Waals surface area contributed by atoms with Crippen LogP contribution in [0.3, 0.4) is 0 Å². The van der Waals surface area contributed by atoms with Crippen molar-refractivity contribution in [3.05, 3.63) is 33.9 Å². The van der Waals surface area contributed by atoms with Crippen molar-refractivity contribution < 1.29 is 13.3 Å². The first-order chi connectivity index (χ1) is 7.71. The molecule has 0 aliphatic heterocycles. The summed E-state index contributed by atoms with van der Waals surface area (Å²) in [6.45, 7) is 1.69. The van der Waals surface area contributed by atoms with Crippen molar-refractivity contribution in [1.82, 2.24) is 0 Å². The van der Waals surface area contributed by atoms with Crippen molar-refractivity contribution in [2.75, 3.05) is 0 Å². The van der Waals surface area contributed by atoms with Crippen LogP contribution >= 0.6 is 11.6 Å². The Kier molecular flexibility index (Phi) is 4.07. The summed E-state index contributed by atoms with van der Waals surface area (Å²) in [5.74, 6) is 0. The number of benzene rings is 1.